The minimum absolute atomic E-state index is 0.384. The van der Waals surface area contributed by atoms with Crippen molar-refractivity contribution in [3.8, 4) is 22.3 Å². The van der Waals surface area contributed by atoms with Crippen LogP contribution in [-0.2, 0) is 5.88 Å². The number of benzene rings is 2. The summed E-state index contributed by atoms with van der Waals surface area (Å²) >= 11 is 8.75. The van der Waals surface area contributed by atoms with Crippen molar-refractivity contribution in [2.45, 2.75) is 12.8 Å². The number of rotatable bonds is 3. The number of hydrogen-bond acceptors (Lipinski definition) is 4. The molecule has 0 aliphatic rings. The molecule has 0 aliphatic heterocycles. The molecule has 0 atom stereocenters. The van der Waals surface area contributed by atoms with Gasteiger partial charge in [0, 0.05) is 16.0 Å². The first-order valence-corrected chi connectivity index (χ1v) is 11.4. The Morgan fingerprint density at radius 1 is 0.774 bits per heavy atom. The molecular weight excluding hydrogens is 444 g/mol. The van der Waals surface area contributed by atoms with Crippen molar-refractivity contribution >= 4 is 55.7 Å². The highest BCUT2D eigenvalue weighted by atomic mass is 35.5. The van der Waals surface area contributed by atoms with Crippen LogP contribution in [0.2, 0.25) is 0 Å². The number of aryl methyl sites for hydroxylation is 1. The summed E-state index contributed by atoms with van der Waals surface area (Å²) in [5, 5.41) is 1.16. The Kier molecular flexibility index (Phi) is 7.33. The van der Waals surface area contributed by atoms with Crippen molar-refractivity contribution in [2.75, 3.05) is 11.5 Å². The molecule has 2 heterocycles. The zero-order chi connectivity index (χ0) is 22.4. The van der Waals surface area contributed by atoms with Gasteiger partial charge in [-0.1, -0.05) is 60.7 Å². The van der Waals surface area contributed by atoms with Gasteiger partial charge in [-0.15, -0.1) is 34.3 Å². The molecule has 4 rings (SSSR count). The van der Waals surface area contributed by atoms with Crippen LogP contribution < -0.4 is 11.5 Å². The van der Waals surface area contributed by atoms with E-state index >= 15 is 0 Å². The van der Waals surface area contributed by atoms with Gasteiger partial charge in [0.1, 0.15) is 0 Å². The number of halogens is 1. The maximum atomic E-state index is 7.17. The molecule has 0 spiro atoms. The fourth-order valence-electron chi connectivity index (χ4n) is 3.21. The van der Waals surface area contributed by atoms with Crippen LogP contribution in [0.1, 0.15) is 9.75 Å². The van der Waals surface area contributed by atoms with E-state index in [1.54, 1.807) is 0 Å². The van der Waals surface area contributed by atoms with Crippen molar-refractivity contribution < 1.29 is 0 Å². The highest BCUT2D eigenvalue weighted by Gasteiger charge is 2.17. The molecule has 0 unspecified atom stereocenters. The number of nitrogens with two attached hydrogens (primary N) is 2. The van der Waals surface area contributed by atoms with Gasteiger partial charge in [-0.05, 0) is 22.9 Å². The highest BCUT2D eigenvalue weighted by molar-refractivity contribution is 7.17. The minimum Gasteiger partial charge on any atom is -0.399 e. The molecule has 4 aromatic rings. The van der Waals surface area contributed by atoms with E-state index in [4.69, 9.17) is 36.2 Å². The maximum Gasteiger partial charge on any atom is 0.228 e. The second kappa shape index (κ2) is 10.1. The van der Waals surface area contributed by atoms with Crippen molar-refractivity contribution in [2.24, 2.45) is 0 Å². The molecule has 0 radical (unpaired) electrons. The lowest BCUT2D eigenvalue weighted by Crippen LogP contribution is -1.80. The van der Waals surface area contributed by atoms with Crippen LogP contribution in [0.5, 0.6) is 0 Å². The number of alkyl halides is 1. The highest BCUT2D eigenvalue weighted by Crippen LogP contribution is 2.45. The lowest BCUT2D eigenvalue weighted by Gasteiger charge is -2.02. The van der Waals surface area contributed by atoms with Crippen molar-refractivity contribution in [3.63, 3.8) is 0 Å². The van der Waals surface area contributed by atoms with Crippen LogP contribution in [-0.4, -0.2) is 0 Å². The average molecular weight is 463 g/mol. The van der Waals surface area contributed by atoms with E-state index in [1.165, 1.54) is 22.7 Å². The molecule has 154 valence electrons. The Balaban J connectivity index is 0.000000176. The van der Waals surface area contributed by atoms with E-state index in [2.05, 4.69) is 9.69 Å². The molecule has 0 fully saturated rings. The Bertz CT molecular complexity index is 1260. The van der Waals surface area contributed by atoms with Crippen LogP contribution in [0.25, 0.3) is 31.9 Å². The van der Waals surface area contributed by atoms with Crippen LogP contribution in [0.15, 0.2) is 60.7 Å². The predicted octanol–water partition coefficient (Wildman–Crippen LogP) is 8.14. The zero-order valence-electron chi connectivity index (χ0n) is 16.7. The summed E-state index contributed by atoms with van der Waals surface area (Å²) in [4.78, 5) is 9.05. The smallest absolute Gasteiger partial charge is 0.228 e. The molecule has 0 saturated heterocycles. The second-order valence-electron chi connectivity index (χ2n) is 6.45. The third kappa shape index (κ3) is 4.73. The van der Waals surface area contributed by atoms with Gasteiger partial charge >= 0.3 is 0 Å². The number of nitrogens with zero attached hydrogens (tertiary/aromatic N) is 2. The molecule has 31 heavy (non-hydrogen) atoms. The lowest BCUT2D eigenvalue weighted by atomic mass is 10.1. The first kappa shape index (κ1) is 22.4. The van der Waals surface area contributed by atoms with E-state index < -0.39 is 0 Å². The zero-order valence-corrected chi connectivity index (χ0v) is 19.1. The Morgan fingerprint density at radius 2 is 1.23 bits per heavy atom. The summed E-state index contributed by atoms with van der Waals surface area (Å²) in [7, 11) is 0. The summed E-state index contributed by atoms with van der Waals surface area (Å²) in [5.41, 5.74) is 16.6. The topological polar surface area (TPSA) is 60.8 Å². The van der Waals surface area contributed by atoms with E-state index in [-0.39, 0.29) is 0 Å². The van der Waals surface area contributed by atoms with Gasteiger partial charge in [-0.3, -0.25) is 0 Å². The largest absolute Gasteiger partial charge is 0.399 e. The van der Waals surface area contributed by atoms with Crippen molar-refractivity contribution in [3.05, 3.63) is 93.3 Å². The van der Waals surface area contributed by atoms with Gasteiger partial charge in [0.15, 0.2) is 0 Å². The van der Waals surface area contributed by atoms with Crippen LogP contribution >= 0.6 is 34.3 Å². The summed E-state index contributed by atoms with van der Waals surface area (Å²) in [6, 6.07) is 19.7. The fourth-order valence-corrected chi connectivity index (χ4v) is 5.27. The van der Waals surface area contributed by atoms with Gasteiger partial charge in [-0.25, -0.2) is 9.69 Å². The summed E-state index contributed by atoms with van der Waals surface area (Å²) in [5.74, 6) is 0.384. The third-order valence-corrected chi connectivity index (χ3v) is 6.89. The molecule has 2 aromatic heterocycles. The summed E-state index contributed by atoms with van der Waals surface area (Å²) in [6.07, 6.45) is 0. The van der Waals surface area contributed by atoms with Gasteiger partial charge in [0.25, 0.3) is 0 Å². The standard InChI is InChI=1S/C12H9ClN2S.C12H10N2S/c1-15-11-10(8-5-3-2-4-6-8)9(7-13)16-12(11)14;1-8-10(9-6-4-3-5-7-9)11(14-2)12(13)15-8/h2-6H,7,14H2;3-7H,13H2,1H3. The van der Waals surface area contributed by atoms with Gasteiger partial charge in [-0.2, -0.15) is 0 Å². The Labute approximate surface area is 195 Å². The van der Waals surface area contributed by atoms with Crippen molar-refractivity contribution in [1.82, 2.24) is 0 Å². The first-order chi connectivity index (χ1) is 15.0. The molecule has 0 bridgehead atoms. The lowest BCUT2D eigenvalue weighted by molar-refractivity contribution is 1.51. The van der Waals surface area contributed by atoms with E-state index in [1.807, 2.05) is 67.6 Å². The average Bonchev–Trinajstić information content (AvgIpc) is 3.29. The Morgan fingerprint density at radius 3 is 1.71 bits per heavy atom. The molecule has 0 amide bonds. The molecule has 2 aromatic carbocycles. The van der Waals surface area contributed by atoms with E-state index in [9.17, 15) is 0 Å². The van der Waals surface area contributed by atoms with Gasteiger partial charge in [0.05, 0.1) is 29.0 Å². The summed E-state index contributed by atoms with van der Waals surface area (Å²) < 4.78 is 0. The number of nitrogen functional groups attached to an aromatic ring is 2. The monoisotopic (exact) mass is 462 g/mol. The molecular formula is C24H19ClN4S2. The van der Waals surface area contributed by atoms with Gasteiger partial charge < -0.3 is 11.5 Å². The fraction of sp³-hybridized carbons (Fsp3) is 0.0833. The Hall–Kier alpha value is -3.29. The molecule has 7 heteroatoms. The molecule has 0 aliphatic carbocycles. The quantitative estimate of drug-likeness (QED) is 0.238. The molecule has 0 saturated carbocycles. The van der Waals surface area contributed by atoms with Crippen molar-refractivity contribution in [1.29, 1.82) is 0 Å². The second-order valence-corrected chi connectivity index (χ2v) is 9.11. The first-order valence-electron chi connectivity index (χ1n) is 9.23. The molecule has 4 nitrogen and oxygen atoms in total. The SMILES string of the molecule is [C-]#[N+]c1c(N)sc(C)c1-c1ccccc1.[C-]#[N+]c1c(N)sc(CCl)c1-c1ccccc1. The third-order valence-electron chi connectivity index (χ3n) is 4.54. The van der Waals surface area contributed by atoms with E-state index in [0.717, 1.165) is 32.0 Å². The van der Waals surface area contributed by atoms with Gasteiger partial charge in [0.2, 0.25) is 11.4 Å². The number of thiophene rings is 2. The normalized spacial score (nSPS) is 9.94. The van der Waals surface area contributed by atoms with Crippen LogP contribution in [0.4, 0.5) is 21.4 Å². The summed E-state index contributed by atoms with van der Waals surface area (Å²) in [6.45, 7) is 16.3. The van der Waals surface area contributed by atoms with E-state index in [0.29, 0.717) is 27.3 Å². The molecule has 4 N–H and O–H groups in total. The minimum atomic E-state index is 0.384. The number of hydrogen-bond donors (Lipinski definition) is 2. The predicted molar refractivity (Wildman–Crippen MR) is 135 cm³/mol. The number of anilines is 2. The maximum absolute atomic E-state index is 7.17. The van der Waals surface area contributed by atoms with Crippen LogP contribution in [0.3, 0.4) is 0 Å². The van der Waals surface area contributed by atoms with Crippen LogP contribution in [0, 0.1) is 20.1 Å².